The molecule has 1 unspecified atom stereocenters. The molecule has 0 heterocycles. The van der Waals surface area contributed by atoms with Gasteiger partial charge in [0.2, 0.25) is 0 Å². The van der Waals surface area contributed by atoms with Crippen molar-refractivity contribution in [1.82, 2.24) is 5.32 Å². The number of nitrogens with one attached hydrogen (secondary N) is 1. The molecule has 0 aliphatic carbocycles. The van der Waals surface area contributed by atoms with Crippen LogP contribution < -0.4 is 11.1 Å². The van der Waals surface area contributed by atoms with E-state index < -0.39 is 0 Å². The van der Waals surface area contributed by atoms with Gasteiger partial charge in [-0.15, -0.1) is 0 Å². The Hall–Kier alpha value is -0.730. The fourth-order valence-electron chi connectivity index (χ4n) is 0.973. The van der Waals surface area contributed by atoms with Gasteiger partial charge >= 0.3 is 0 Å². The minimum atomic E-state index is 0.427. The van der Waals surface area contributed by atoms with Gasteiger partial charge in [0.05, 0.1) is 0 Å². The molecule has 0 aromatic carbocycles. The highest BCUT2D eigenvalue weighted by Crippen LogP contribution is 2.05. The average molecular weight is 171 g/mol. The van der Waals surface area contributed by atoms with Gasteiger partial charge in [-0.3, -0.25) is 4.99 Å². The highest BCUT2D eigenvalue weighted by Gasteiger charge is 2.03. The normalized spacial score (nSPS) is 14.9. The predicted octanol–water partition coefficient (Wildman–Crippen LogP) is 1.35. The Bertz CT molecular complexity index is 141. The van der Waals surface area contributed by atoms with Crippen molar-refractivity contribution in [2.75, 3.05) is 7.05 Å². The molecule has 0 spiro atoms. The molecule has 72 valence electrons. The summed E-state index contributed by atoms with van der Waals surface area (Å²) in [4.78, 5) is 3.84. The van der Waals surface area contributed by atoms with E-state index in [4.69, 9.17) is 5.73 Å². The quantitative estimate of drug-likeness (QED) is 0.495. The number of hydrogen-bond acceptors (Lipinski definition) is 1. The molecule has 12 heavy (non-hydrogen) atoms. The Balaban J connectivity index is 3.53. The van der Waals surface area contributed by atoms with Crippen LogP contribution in [-0.2, 0) is 0 Å². The van der Waals surface area contributed by atoms with E-state index in [9.17, 15) is 0 Å². The van der Waals surface area contributed by atoms with Crippen molar-refractivity contribution < 1.29 is 0 Å². The molecule has 0 radical (unpaired) electrons. The molecule has 0 rings (SSSR count). The van der Waals surface area contributed by atoms with Crippen LogP contribution in [0.4, 0.5) is 0 Å². The molecule has 0 amide bonds. The van der Waals surface area contributed by atoms with E-state index in [0.29, 0.717) is 12.0 Å². The summed E-state index contributed by atoms with van der Waals surface area (Å²) in [5.41, 5.74) is 5.52. The molecule has 1 atom stereocenters. The van der Waals surface area contributed by atoms with Gasteiger partial charge in [-0.1, -0.05) is 13.8 Å². The van der Waals surface area contributed by atoms with Gasteiger partial charge < -0.3 is 11.1 Å². The van der Waals surface area contributed by atoms with E-state index in [1.54, 1.807) is 7.05 Å². The summed E-state index contributed by atoms with van der Waals surface area (Å²) in [5.74, 6) is 1.29. The van der Waals surface area contributed by atoms with Crippen LogP contribution in [0.2, 0.25) is 0 Å². The molecule has 0 saturated heterocycles. The first-order valence-corrected chi connectivity index (χ1v) is 4.55. The molecule has 3 nitrogen and oxygen atoms in total. The van der Waals surface area contributed by atoms with Crippen LogP contribution in [0.25, 0.3) is 0 Å². The van der Waals surface area contributed by atoms with Gasteiger partial charge in [-0.25, -0.2) is 0 Å². The first-order valence-electron chi connectivity index (χ1n) is 4.55. The monoisotopic (exact) mass is 171 g/mol. The zero-order chi connectivity index (χ0) is 9.56. The van der Waals surface area contributed by atoms with Gasteiger partial charge in [0, 0.05) is 13.1 Å². The van der Waals surface area contributed by atoms with E-state index in [-0.39, 0.29) is 0 Å². The van der Waals surface area contributed by atoms with Crippen LogP contribution >= 0.6 is 0 Å². The highest BCUT2D eigenvalue weighted by atomic mass is 15.1. The van der Waals surface area contributed by atoms with Gasteiger partial charge in [-0.2, -0.15) is 0 Å². The van der Waals surface area contributed by atoms with Gasteiger partial charge in [0.25, 0.3) is 0 Å². The summed E-state index contributed by atoms with van der Waals surface area (Å²) in [6.45, 7) is 6.58. The second-order valence-corrected chi connectivity index (χ2v) is 3.63. The lowest BCUT2D eigenvalue weighted by Gasteiger charge is -2.14. The average Bonchev–Trinajstić information content (AvgIpc) is 2.00. The Morgan fingerprint density at radius 3 is 2.33 bits per heavy atom. The van der Waals surface area contributed by atoms with Gasteiger partial charge in [-0.05, 0) is 25.7 Å². The topological polar surface area (TPSA) is 50.4 Å². The van der Waals surface area contributed by atoms with Crippen molar-refractivity contribution in [2.45, 2.75) is 39.7 Å². The summed E-state index contributed by atoms with van der Waals surface area (Å²) in [6.07, 6.45) is 2.37. The second-order valence-electron chi connectivity index (χ2n) is 3.63. The van der Waals surface area contributed by atoms with Crippen LogP contribution in [0, 0.1) is 5.92 Å². The third-order valence-electron chi connectivity index (χ3n) is 1.81. The number of hydrogen-bond donors (Lipinski definition) is 2. The molecule has 0 saturated carbocycles. The van der Waals surface area contributed by atoms with E-state index in [0.717, 1.165) is 12.3 Å². The maximum Gasteiger partial charge on any atom is 0.188 e. The Morgan fingerprint density at radius 1 is 1.33 bits per heavy atom. The van der Waals surface area contributed by atoms with Crippen LogP contribution in [0.5, 0.6) is 0 Å². The zero-order valence-corrected chi connectivity index (χ0v) is 8.59. The Labute approximate surface area is 75.4 Å². The van der Waals surface area contributed by atoms with Crippen molar-refractivity contribution in [3.05, 3.63) is 0 Å². The molecule has 0 fully saturated rings. The lowest BCUT2D eigenvalue weighted by Crippen LogP contribution is -2.38. The van der Waals surface area contributed by atoms with E-state index in [2.05, 4.69) is 31.1 Å². The third kappa shape index (κ3) is 6.01. The lowest BCUT2D eigenvalue weighted by atomic mass is 10.0. The van der Waals surface area contributed by atoms with E-state index >= 15 is 0 Å². The molecule has 0 aromatic rings. The summed E-state index contributed by atoms with van der Waals surface area (Å²) >= 11 is 0. The van der Waals surface area contributed by atoms with Crippen LogP contribution in [0.3, 0.4) is 0 Å². The predicted molar refractivity (Wildman–Crippen MR) is 54.2 cm³/mol. The fraction of sp³-hybridized carbons (Fsp3) is 0.889. The van der Waals surface area contributed by atoms with Crippen molar-refractivity contribution in [2.24, 2.45) is 16.6 Å². The second kappa shape index (κ2) is 5.86. The number of guanidine groups is 1. The highest BCUT2D eigenvalue weighted by molar-refractivity contribution is 5.77. The number of rotatable bonds is 4. The largest absolute Gasteiger partial charge is 0.370 e. The van der Waals surface area contributed by atoms with Crippen molar-refractivity contribution >= 4 is 5.96 Å². The smallest absolute Gasteiger partial charge is 0.188 e. The Kier molecular flexibility index (Phi) is 5.51. The number of nitrogens with zero attached hydrogens (tertiary/aromatic N) is 1. The summed E-state index contributed by atoms with van der Waals surface area (Å²) in [5, 5.41) is 3.11. The lowest BCUT2D eigenvalue weighted by molar-refractivity contribution is 0.492. The number of aliphatic imine (C=N–C) groups is 1. The molecule has 3 N–H and O–H groups in total. The van der Waals surface area contributed by atoms with Crippen LogP contribution in [0.1, 0.15) is 33.6 Å². The van der Waals surface area contributed by atoms with Crippen molar-refractivity contribution in [1.29, 1.82) is 0 Å². The van der Waals surface area contributed by atoms with Crippen LogP contribution in [-0.4, -0.2) is 19.0 Å². The molecule has 0 bridgehead atoms. The van der Waals surface area contributed by atoms with E-state index in [1.807, 2.05) is 0 Å². The van der Waals surface area contributed by atoms with Crippen LogP contribution in [0.15, 0.2) is 4.99 Å². The van der Waals surface area contributed by atoms with Crippen molar-refractivity contribution in [3.8, 4) is 0 Å². The molecular formula is C9H21N3. The van der Waals surface area contributed by atoms with Gasteiger partial charge in [0.1, 0.15) is 0 Å². The first-order chi connectivity index (χ1) is 5.56. The molecule has 0 aliphatic rings. The minimum absolute atomic E-state index is 0.427. The molecule has 0 aliphatic heterocycles. The number of nitrogens with two attached hydrogens (primary N) is 1. The standard InChI is InChI=1S/C9H21N3/c1-7(2)5-6-8(3)12-9(10)11-4/h7-8H,5-6H2,1-4H3,(H3,10,11,12). The maximum atomic E-state index is 5.52. The maximum absolute atomic E-state index is 5.52. The molecule has 0 aromatic heterocycles. The summed E-state index contributed by atoms with van der Waals surface area (Å²) in [7, 11) is 1.69. The minimum Gasteiger partial charge on any atom is -0.370 e. The molecular weight excluding hydrogens is 150 g/mol. The first kappa shape index (κ1) is 11.3. The SMILES string of the molecule is CN=C(N)NC(C)CCC(C)C. The van der Waals surface area contributed by atoms with Crippen molar-refractivity contribution in [3.63, 3.8) is 0 Å². The zero-order valence-electron chi connectivity index (χ0n) is 8.59. The van der Waals surface area contributed by atoms with Gasteiger partial charge in [0.15, 0.2) is 5.96 Å². The Morgan fingerprint density at radius 2 is 1.92 bits per heavy atom. The summed E-state index contributed by atoms with van der Waals surface area (Å²) < 4.78 is 0. The summed E-state index contributed by atoms with van der Waals surface area (Å²) in [6, 6.07) is 0.427. The molecule has 3 heteroatoms. The van der Waals surface area contributed by atoms with E-state index in [1.165, 1.54) is 6.42 Å². The third-order valence-corrected chi connectivity index (χ3v) is 1.81. The fourth-order valence-corrected chi connectivity index (χ4v) is 0.973.